The van der Waals surface area contributed by atoms with E-state index in [1.165, 1.54) is 29.2 Å². The molecule has 0 aromatic heterocycles. The Morgan fingerprint density at radius 2 is 1.48 bits per heavy atom. The second-order valence-electron chi connectivity index (χ2n) is 7.78. The Hall–Kier alpha value is -2.91. The van der Waals surface area contributed by atoms with Gasteiger partial charge in [-0.2, -0.15) is 0 Å². The number of piperazine rings is 1. The van der Waals surface area contributed by atoms with Crippen molar-refractivity contribution in [2.24, 2.45) is 0 Å². The quantitative estimate of drug-likeness (QED) is 0.667. The number of sulfone groups is 1. The first kappa shape index (κ1) is 24.7. The molecule has 1 fully saturated rings. The van der Waals surface area contributed by atoms with E-state index in [0.29, 0.717) is 24.5 Å². The van der Waals surface area contributed by atoms with Gasteiger partial charge in [-0.1, -0.05) is 36.2 Å². The van der Waals surface area contributed by atoms with Gasteiger partial charge in [-0.3, -0.25) is 14.4 Å². The summed E-state index contributed by atoms with van der Waals surface area (Å²) in [7, 11) is -4.27. The molecular formula is C23H26ClN3O5S. The summed E-state index contributed by atoms with van der Waals surface area (Å²) in [5.41, 5.74) is 1.18. The summed E-state index contributed by atoms with van der Waals surface area (Å²) in [6, 6.07) is 12.0. The highest BCUT2D eigenvalue weighted by molar-refractivity contribution is 7.92. The fourth-order valence-electron chi connectivity index (χ4n) is 3.51. The second-order valence-corrected chi connectivity index (χ2v) is 10.2. The minimum absolute atomic E-state index is 0.0277. The fourth-order valence-corrected chi connectivity index (χ4v) is 5.10. The van der Waals surface area contributed by atoms with Gasteiger partial charge in [0.1, 0.15) is 0 Å². The van der Waals surface area contributed by atoms with Crippen LogP contribution in [-0.2, 0) is 19.4 Å². The third-order valence-corrected chi connectivity index (χ3v) is 7.62. The van der Waals surface area contributed by atoms with Crippen LogP contribution in [0.25, 0.3) is 0 Å². The van der Waals surface area contributed by atoms with Gasteiger partial charge >= 0.3 is 0 Å². The van der Waals surface area contributed by atoms with E-state index in [1.54, 1.807) is 36.1 Å². The standard InChI is InChI=1S/C23H26ClN3O5S/c1-3-20(28)26-12-14-27(15-13-26)23(30)22(25-21(29)17-6-4-16(2)5-7-17)33(31,32)19-10-8-18(24)9-11-19/h4-11,22H,3,12-15H2,1-2H3,(H,25,29). The summed E-state index contributed by atoms with van der Waals surface area (Å²) >= 11 is 5.88. The van der Waals surface area contributed by atoms with Crippen LogP contribution in [0.2, 0.25) is 5.02 Å². The van der Waals surface area contributed by atoms with E-state index < -0.39 is 27.0 Å². The molecule has 1 aliphatic rings. The zero-order chi connectivity index (χ0) is 24.2. The number of amides is 3. The van der Waals surface area contributed by atoms with E-state index in [4.69, 9.17) is 11.6 Å². The largest absolute Gasteiger partial charge is 0.339 e. The second kappa shape index (κ2) is 10.4. The molecule has 1 atom stereocenters. The molecule has 3 amide bonds. The van der Waals surface area contributed by atoms with Gasteiger partial charge in [-0.15, -0.1) is 0 Å². The Morgan fingerprint density at radius 1 is 0.939 bits per heavy atom. The van der Waals surface area contributed by atoms with Crippen LogP contribution in [0, 0.1) is 6.92 Å². The van der Waals surface area contributed by atoms with Gasteiger partial charge in [0.2, 0.25) is 21.1 Å². The molecule has 1 N–H and O–H groups in total. The number of hydrogen-bond donors (Lipinski definition) is 1. The summed E-state index contributed by atoms with van der Waals surface area (Å²) < 4.78 is 26.8. The summed E-state index contributed by atoms with van der Waals surface area (Å²) in [5.74, 6) is -1.44. The molecular weight excluding hydrogens is 466 g/mol. The highest BCUT2D eigenvalue weighted by atomic mass is 35.5. The lowest BCUT2D eigenvalue weighted by atomic mass is 10.1. The van der Waals surface area contributed by atoms with Crippen molar-refractivity contribution in [1.29, 1.82) is 0 Å². The van der Waals surface area contributed by atoms with E-state index in [0.717, 1.165) is 5.56 Å². The maximum absolute atomic E-state index is 13.4. The van der Waals surface area contributed by atoms with Crippen LogP contribution in [-0.4, -0.2) is 67.5 Å². The highest BCUT2D eigenvalue weighted by Crippen LogP contribution is 2.20. The molecule has 2 aromatic carbocycles. The number of benzene rings is 2. The number of nitrogens with zero attached hydrogens (tertiary/aromatic N) is 2. The van der Waals surface area contributed by atoms with E-state index in [-0.39, 0.29) is 29.5 Å². The minimum atomic E-state index is -4.27. The molecule has 33 heavy (non-hydrogen) atoms. The summed E-state index contributed by atoms with van der Waals surface area (Å²) in [6.07, 6.45) is 0.355. The van der Waals surface area contributed by atoms with Crippen molar-refractivity contribution in [3.63, 3.8) is 0 Å². The van der Waals surface area contributed by atoms with Crippen LogP contribution in [0.5, 0.6) is 0 Å². The number of nitrogens with one attached hydrogen (secondary N) is 1. The number of carbonyl (C=O) groups is 3. The van der Waals surface area contributed by atoms with Crippen LogP contribution < -0.4 is 5.32 Å². The molecule has 0 bridgehead atoms. The predicted octanol–water partition coefficient (Wildman–Crippen LogP) is 2.26. The fraction of sp³-hybridized carbons (Fsp3) is 0.348. The summed E-state index contributed by atoms with van der Waals surface area (Å²) in [4.78, 5) is 41.0. The van der Waals surface area contributed by atoms with Crippen LogP contribution in [0.4, 0.5) is 0 Å². The van der Waals surface area contributed by atoms with Crippen molar-refractivity contribution in [3.8, 4) is 0 Å². The molecule has 1 heterocycles. The van der Waals surface area contributed by atoms with E-state index in [2.05, 4.69) is 5.32 Å². The van der Waals surface area contributed by atoms with E-state index >= 15 is 0 Å². The van der Waals surface area contributed by atoms with Crippen molar-refractivity contribution in [3.05, 3.63) is 64.7 Å². The Kier molecular flexibility index (Phi) is 7.76. The molecule has 0 saturated carbocycles. The number of aryl methyl sites for hydroxylation is 1. The van der Waals surface area contributed by atoms with Crippen LogP contribution in [0.15, 0.2) is 53.4 Å². The van der Waals surface area contributed by atoms with Crippen molar-refractivity contribution < 1.29 is 22.8 Å². The van der Waals surface area contributed by atoms with Crippen LogP contribution in [0.1, 0.15) is 29.3 Å². The van der Waals surface area contributed by atoms with Crippen LogP contribution >= 0.6 is 11.6 Å². The smallest absolute Gasteiger partial charge is 0.261 e. The van der Waals surface area contributed by atoms with Crippen molar-refractivity contribution >= 4 is 39.2 Å². The third kappa shape index (κ3) is 5.72. The predicted molar refractivity (Wildman–Crippen MR) is 125 cm³/mol. The topological polar surface area (TPSA) is 104 Å². The first-order valence-electron chi connectivity index (χ1n) is 10.6. The number of hydrogen-bond acceptors (Lipinski definition) is 5. The zero-order valence-electron chi connectivity index (χ0n) is 18.5. The molecule has 8 nitrogen and oxygen atoms in total. The zero-order valence-corrected chi connectivity index (χ0v) is 20.0. The number of rotatable bonds is 6. The lowest BCUT2D eigenvalue weighted by molar-refractivity contribution is -0.139. The lowest BCUT2D eigenvalue weighted by Crippen LogP contribution is -2.57. The van der Waals surface area contributed by atoms with Gasteiger partial charge in [0.25, 0.3) is 11.8 Å². The Balaban J connectivity index is 1.88. The maximum Gasteiger partial charge on any atom is 0.261 e. The molecule has 1 unspecified atom stereocenters. The van der Waals surface area contributed by atoms with Gasteiger partial charge < -0.3 is 15.1 Å². The number of carbonyl (C=O) groups excluding carboxylic acids is 3. The third-order valence-electron chi connectivity index (χ3n) is 5.50. The molecule has 10 heteroatoms. The Bertz CT molecular complexity index is 1130. The van der Waals surface area contributed by atoms with Crippen molar-refractivity contribution in [2.45, 2.75) is 30.5 Å². The van der Waals surface area contributed by atoms with E-state index in [1.807, 2.05) is 6.92 Å². The van der Waals surface area contributed by atoms with Gasteiger partial charge in [0.15, 0.2) is 0 Å². The van der Waals surface area contributed by atoms with Gasteiger partial charge in [0.05, 0.1) is 4.90 Å². The summed E-state index contributed by atoms with van der Waals surface area (Å²) in [5, 5.41) is 0.943. The van der Waals surface area contributed by atoms with Crippen molar-refractivity contribution in [1.82, 2.24) is 15.1 Å². The van der Waals surface area contributed by atoms with Gasteiger partial charge in [-0.05, 0) is 43.3 Å². The molecule has 1 aliphatic heterocycles. The molecule has 2 aromatic rings. The first-order valence-corrected chi connectivity index (χ1v) is 12.5. The summed E-state index contributed by atoms with van der Waals surface area (Å²) in [6.45, 7) is 4.59. The minimum Gasteiger partial charge on any atom is -0.339 e. The van der Waals surface area contributed by atoms with Gasteiger partial charge in [0, 0.05) is 43.2 Å². The Morgan fingerprint density at radius 3 is 2.03 bits per heavy atom. The Labute approximate surface area is 198 Å². The lowest BCUT2D eigenvalue weighted by Gasteiger charge is -2.36. The normalized spacial score (nSPS) is 15.1. The van der Waals surface area contributed by atoms with E-state index in [9.17, 15) is 22.8 Å². The van der Waals surface area contributed by atoms with Crippen LogP contribution in [0.3, 0.4) is 0 Å². The van der Waals surface area contributed by atoms with Gasteiger partial charge in [-0.25, -0.2) is 8.42 Å². The molecule has 3 rings (SSSR count). The number of halogens is 1. The first-order chi connectivity index (χ1) is 15.6. The molecule has 176 valence electrons. The molecule has 0 spiro atoms. The molecule has 0 radical (unpaired) electrons. The monoisotopic (exact) mass is 491 g/mol. The highest BCUT2D eigenvalue weighted by Gasteiger charge is 2.39. The molecule has 0 aliphatic carbocycles. The maximum atomic E-state index is 13.4. The average Bonchev–Trinajstić information content (AvgIpc) is 2.82. The SMILES string of the molecule is CCC(=O)N1CCN(C(=O)C(NC(=O)c2ccc(C)cc2)S(=O)(=O)c2ccc(Cl)cc2)CC1. The van der Waals surface area contributed by atoms with Crippen molar-refractivity contribution in [2.75, 3.05) is 26.2 Å². The average molecular weight is 492 g/mol. The molecule has 1 saturated heterocycles.